The van der Waals surface area contributed by atoms with Crippen molar-refractivity contribution in [3.8, 4) is 17.1 Å². The summed E-state index contributed by atoms with van der Waals surface area (Å²) in [4.78, 5) is 31.5. The van der Waals surface area contributed by atoms with Gasteiger partial charge in [0.2, 0.25) is 0 Å². The first-order valence-electron chi connectivity index (χ1n) is 8.87. The molecule has 0 atom stereocenters. The summed E-state index contributed by atoms with van der Waals surface area (Å²) in [5.41, 5.74) is 0.719. The van der Waals surface area contributed by atoms with Crippen LogP contribution >= 0.6 is 0 Å². The van der Waals surface area contributed by atoms with Gasteiger partial charge in [0, 0.05) is 17.2 Å². The highest BCUT2D eigenvalue weighted by Gasteiger charge is 2.14. The maximum atomic E-state index is 13.7. The van der Waals surface area contributed by atoms with Crippen LogP contribution in [0.1, 0.15) is 26.3 Å². The average Bonchev–Trinajstić information content (AvgIpc) is 2.57. The first-order chi connectivity index (χ1) is 13.1. The standard InChI is InChI=1S/C21H22FN3O3/c1-12-8-14(22)10-16-18(12)20(27)24-19(23-16)13-6-5-7-15(9-13)28-11-17(26)25-21(2,3)4/h5-10H,11H2,1-4H3,(H,25,26)(H,23,24,27). The van der Waals surface area contributed by atoms with Gasteiger partial charge in [-0.15, -0.1) is 0 Å². The van der Waals surface area contributed by atoms with Crippen LogP contribution in [0.3, 0.4) is 0 Å². The average molecular weight is 383 g/mol. The highest BCUT2D eigenvalue weighted by atomic mass is 19.1. The Labute approximate surface area is 161 Å². The molecule has 2 N–H and O–H groups in total. The fraction of sp³-hybridized carbons (Fsp3) is 0.286. The summed E-state index contributed by atoms with van der Waals surface area (Å²) in [5, 5.41) is 3.17. The van der Waals surface area contributed by atoms with Crippen molar-refractivity contribution >= 4 is 16.8 Å². The number of rotatable bonds is 4. The zero-order valence-electron chi connectivity index (χ0n) is 16.2. The second kappa shape index (κ2) is 7.42. The van der Waals surface area contributed by atoms with Crippen LogP contribution in [-0.2, 0) is 4.79 Å². The van der Waals surface area contributed by atoms with Crippen molar-refractivity contribution in [1.82, 2.24) is 15.3 Å². The quantitative estimate of drug-likeness (QED) is 0.724. The van der Waals surface area contributed by atoms with Crippen molar-refractivity contribution in [2.45, 2.75) is 33.2 Å². The number of nitrogens with one attached hydrogen (secondary N) is 2. The Morgan fingerprint density at radius 1 is 1.25 bits per heavy atom. The minimum absolute atomic E-state index is 0.132. The van der Waals surface area contributed by atoms with Crippen LogP contribution in [0, 0.1) is 12.7 Å². The van der Waals surface area contributed by atoms with E-state index in [4.69, 9.17) is 4.74 Å². The third-order valence-corrected chi connectivity index (χ3v) is 3.96. The maximum absolute atomic E-state index is 13.7. The number of carbonyl (C=O) groups is 1. The Hall–Kier alpha value is -3.22. The van der Waals surface area contributed by atoms with Crippen molar-refractivity contribution < 1.29 is 13.9 Å². The van der Waals surface area contributed by atoms with Gasteiger partial charge in [-0.1, -0.05) is 12.1 Å². The molecule has 1 amide bonds. The molecule has 0 spiro atoms. The zero-order chi connectivity index (χ0) is 20.5. The molecular formula is C21H22FN3O3. The van der Waals surface area contributed by atoms with E-state index in [0.717, 1.165) is 0 Å². The molecule has 0 fully saturated rings. The third-order valence-electron chi connectivity index (χ3n) is 3.96. The summed E-state index contributed by atoms with van der Waals surface area (Å²) in [7, 11) is 0. The number of ether oxygens (including phenoxy) is 1. The molecule has 1 heterocycles. The van der Waals surface area contributed by atoms with Crippen LogP contribution in [0.2, 0.25) is 0 Å². The Bertz CT molecular complexity index is 1100. The van der Waals surface area contributed by atoms with E-state index in [0.29, 0.717) is 28.1 Å². The van der Waals surface area contributed by atoms with Gasteiger partial charge < -0.3 is 15.0 Å². The van der Waals surface area contributed by atoms with E-state index in [1.54, 1.807) is 31.2 Å². The minimum atomic E-state index is -0.448. The second-order valence-corrected chi connectivity index (χ2v) is 7.65. The van der Waals surface area contributed by atoms with Gasteiger partial charge in [0.05, 0.1) is 10.9 Å². The number of halogens is 1. The molecule has 146 valence electrons. The van der Waals surface area contributed by atoms with Gasteiger partial charge >= 0.3 is 0 Å². The van der Waals surface area contributed by atoms with E-state index in [-0.39, 0.29) is 29.1 Å². The van der Waals surface area contributed by atoms with Gasteiger partial charge in [-0.05, 0) is 51.5 Å². The number of hydrogen-bond donors (Lipinski definition) is 2. The van der Waals surface area contributed by atoms with E-state index in [9.17, 15) is 14.0 Å². The van der Waals surface area contributed by atoms with Crippen molar-refractivity contribution in [2.24, 2.45) is 0 Å². The lowest BCUT2D eigenvalue weighted by atomic mass is 10.1. The van der Waals surface area contributed by atoms with Gasteiger partial charge in [-0.2, -0.15) is 0 Å². The lowest BCUT2D eigenvalue weighted by Crippen LogP contribution is -2.43. The number of fused-ring (bicyclic) bond motifs is 1. The zero-order valence-corrected chi connectivity index (χ0v) is 16.2. The Morgan fingerprint density at radius 3 is 2.71 bits per heavy atom. The first kappa shape index (κ1) is 19.5. The number of hydrogen-bond acceptors (Lipinski definition) is 4. The SMILES string of the molecule is Cc1cc(F)cc2nc(-c3cccc(OCC(=O)NC(C)(C)C)c3)[nH]c(=O)c12. The van der Waals surface area contributed by atoms with Crippen molar-refractivity contribution in [3.63, 3.8) is 0 Å². The van der Waals surface area contributed by atoms with Crippen molar-refractivity contribution in [2.75, 3.05) is 6.61 Å². The van der Waals surface area contributed by atoms with E-state index in [2.05, 4.69) is 15.3 Å². The Morgan fingerprint density at radius 2 is 2.00 bits per heavy atom. The van der Waals surface area contributed by atoms with Crippen LogP contribution < -0.4 is 15.6 Å². The van der Waals surface area contributed by atoms with E-state index in [1.807, 2.05) is 20.8 Å². The Balaban J connectivity index is 1.88. The normalized spacial score (nSPS) is 11.5. The first-order valence-corrected chi connectivity index (χ1v) is 8.87. The van der Waals surface area contributed by atoms with Gasteiger partial charge in [0.1, 0.15) is 17.4 Å². The number of aromatic amines is 1. The highest BCUT2D eigenvalue weighted by molar-refractivity contribution is 5.83. The number of benzene rings is 2. The topological polar surface area (TPSA) is 84.1 Å². The van der Waals surface area contributed by atoms with Gasteiger partial charge in [0.15, 0.2) is 6.61 Å². The maximum Gasteiger partial charge on any atom is 0.259 e. The predicted octanol–water partition coefficient (Wildman–Crippen LogP) is 3.33. The van der Waals surface area contributed by atoms with E-state index >= 15 is 0 Å². The summed E-state index contributed by atoms with van der Waals surface area (Å²) in [5.74, 6) is 0.0731. The third kappa shape index (κ3) is 4.54. The van der Waals surface area contributed by atoms with E-state index < -0.39 is 5.82 Å². The minimum Gasteiger partial charge on any atom is -0.484 e. The lowest BCUT2D eigenvalue weighted by molar-refractivity contribution is -0.124. The fourth-order valence-corrected chi connectivity index (χ4v) is 2.90. The van der Waals surface area contributed by atoms with Crippen LogP contribution in [0.5, 0.6) is 5.75 Å². The molecule has 1 aromatic heterocycles. The molecule has 3 rings (SSSR count). The summed E-state index contributed by atoms with van der Waals surface area (Å²) in [6.45, 7) is 7.19. The molecule has 0 unspecified atom stereocenters. The van der Waals surface area contributed by atoms with Crippen LogP contribution in [0.15, 0.2) is 41.2 Å². The molecule has 7 heteroatoms. The lowest BCUT2D eigenvalue weighted by Gasteiger charge is -2.20. The predicted molar refractivity (Wildman–Crippen MR) is 106 cm³/mol. The molecule has 0 aliphatic carbocycles. The Kier molecular flexibility index (Phi) is 5.18. The van der Waals surface area contributed by atoms with Crippen LogP contribution in [0.4, 0.5) is 4.39 Å². The monoisotopic (exact) mass is 383 g/mol. The molecule has 0 bridgehead atoms. The molecule has 0 saturated carbocycles. The molecule has 0 radical (unpaired) electrons. The fourth-order valence-electron chi connectivity index (χ4n) is 2.90. The number of amides is 1. The van der Waals surface area contributed by atoms with Gasteiger partial charge in [-0.3, -0.25) is 9.59 Å². The van der Waals surface area contributed by atoms with Gasteiger partial charge in [-0.25, -0.2) is 9.37 Å². The second-order valence-electron chi connectivity index (χ2n) is 7.65. The smallest absolute Gasteiger partial charge is 0.259 e. The molecule has 28 heavy (non-hydrogen) atoms. The largest absolute Gasteiger partial charge is 0.484 e. The molecule has 0 saturated heterocycles. The number of carbonyl (C=O) groups excluding carboxylic acids is 1. The molecular weight excluding hydrogens is 361 g/mol. The van der Waals surface area contributed by atoms with Crippen LogP contribution in [-0.4, -0.2) is 28.0 Å². The van der Waals surface area contributed by atoms with Crippen molar-refractivity contribution in [1.29, 1.82) is 0 Å². The number of nitrogens with zero attached hydrogens (tertiary/aromatic N) is 1. The number of H-pyrrole nitrogens is 1. The molecule has 0 aliphatic rings. The molecule has 2 aromatic carbocycles. The molecule has 3 aromatic rings. The number of aromatic nitrogens is 2. The molecule has 6 nitrogen and oxygen atoms in total. The number of aryl methyl sites for hydroxylation is 1. The highest BCUT2D eigenvalue weighted by Crippen LogP contribution is 2.23. The van der Waals surface area contributed by atoms with Crippen LogP contribution in [0.25, 0.3) is 22.3 Å². The summed E-state index contributed by atoms with van der Waals surface area (Å²) < 4.78 is 19.3. The molecule has 0 aliphatic heterocycles. The van der Waals surface area contributed by atoms with E-state index in [1.165, 1.54) is 12.1 Å². The summed E-state index contributed by atoms with van der Waals surface area (Å²) in [6, 6.07) is 9.39. The summed E-state index contributed by atoms with van der Waals surface area (Å²) in [6.07, 6.45) is 0. The van der Waals surface area contributed by atoms with Gasteiger partial charge in [0.25, 0.3) is 11.5 Å². The van der Waals surface area contributed by atoms with Crippen molar-refractivity contribution in [3.05, 3.63) is 58.1 Å². The summed E-state index contributed by atoms with van der Waals surface area (Å²) >= 11 is 0.